The number of thiazole rings is 1. The summed E-state index contributed by atoms with van der Waals surface area (Å²) >= 11 is 3.33. The number of carbonyl (C=O) groups excluding carboxylic acids is 1. The molecule has 7 heteroatoms. The molecule has 0 aromatic carbocycles. The fraction of sp³-hybridized carbons (Fsp3) is 0.450. The van der Waals surface area contributed by atoms with Gasteiger partial charge in [0.15, 0.2) is 0 Å². The predicted octanol–water partition coefficient (Wildman–Crippen LogP) is 4.08. The van der Waals surface area contributed by atoms with E-state index in [0.717, 1.165) is 59.3 Å². The largest absolute Gasteiger partial charge is 0.391 e. The van der Waals surface area contributed by atoms with Gasteiger partial charge in [0, 0.05) is 17.5 Å². The highest BCUT2D eigenvalue weighted by Crippen LogP contribution is 2.28. The van der Waals surface area contributed by atoms with E-state index in [1.807, 2.05) is 30.6 Å². The third-order valence-corrected chi connectivity index (χ3v) is 6.94. The molecular weight excluding hydrogens is 378 g/mol. The zero-order valence-electron chi connectivity index (χ0n) is 15.3. The van der Waals surface area contributed by atoms with Crippen molar-refractivity contribution in [2.24, 2.45) is 0 Å². The van der Waals surface area contributed by atoms with E-state index in [1.165, 1.54) is 4.88 Å². The van der Waals surface area contributed by atoms with Crippen LogP contribution in [0.4, 0.5) is 0 Å². The number of hydrogen-bond acceptors (Lipinski definition) is 6. The first kappa shape index (κ1) is 18.5. The average molecular weight is 402 g/mol. The number of amides is 1. The predicted molar refractivity (Wildman–Crippen MR) is 110 cm³/mol. The maximum atomic E-state index is 12.9. The van der Waals surface area contributed by atoms with Crippen molar-refractivity contribution in [3.63, 3.8) is 0 Å². The molecule has 4 rings (SSSR count). The molecule has 1 fully saturated rings. The summed E-state index contributed by atoms with van der Waals surface area (Å²) in [6.45, 7) is 2.00. The molecule has 0 radical (unpaired) electrons. The van der Waals surface area contributed by atoms with Crippen molar-refractivity contribution in [2.45, 2.75) is 57.6 Å². The fourth-order valence-corrected chi connectivity index (χ4v) is 5.31. The lowest BCUT2D eigenvalue weighted by Gasteiger charge is -2.21. The Kier molecular flexibility index (Phi) is 5.52. The SMILES string of the molecule is Cc1ncc(Cc2cc(C(=O)N[C@@H]3CCCCC[C@H]3O)nc3ccsc23)s1. The van der Waals surface area contributed by atoms with Crippen LogP contribution in [0.2, 0.25) is 0 Å². The van der Waals surface area contributed by atoms with Crippen LogP contribution < -0.4 is 5.32 Å². The molecule has 1 amide bonds. The van der Waals surface area contributed by atoms with Gasteiger partial charge in [-0.25, -0.2) is 9.97 Å². The molecule has 3 aromatic heterocycles. The summed E-state index contributed by atoms with van der Waals surface area (Å²) < 4.78 is 1.12. The monoisotopic (exact) mass is 401 g/mol. The van der Waals surface area contributed by atoms with Gasteiger partial charge in [0.2, 0.25) is 0 Å². The van der Waals surface area contributed by atoms with Gasteiger partial charge in [-0.2, -0.15) is 0 Å². The Bertz CT molecular complexity index is 950. The van der Waals surface area contributed by atoms with E-state index in [4.69, 9.17) is 0 Å². The van der Waals surface area contributed by atoms with Crippen molar-refractivity contribution in [1.82, 2.24) is 15.3 Å². The van der Waals surface area contributed by atoms with Crippen LogP contribution in [0.25, 0.3) is 10.2 Å². The third-order valence-electron chi connectivity index (χ3n) is 5.05. The van der Waals surface area contributed by atoms with Crippen LogP contribution in [0.15, 0.2) is 23.7 Å². The minimum absolute atomic E-state index is 0.187. The van der Waals surface area contributed by atoms with Crippen LogP contribution in [0, 0.1) is 6.92 Å². The van der Waals surface area contributed by atoms with Crippen molar-refractivity contribution in [3.05, 3.63) is 44.9 Å². The van der Waals surface area contributed by atoms with Gasteiger partial charge < -0.3 is 10.4 Å². The lowest BCUT2D eigenvalue weighted by molar-refractivity contribution is 0.0814. The lowest BCUT2D eigenvalue weighted by atomic mass is 10.1. The highest BCUT2D eigenvalue weighted by molar-refractivity contribution is 7.17. The average Bonchev–Trinajstić information content (AvgIpc) is 3.23. The molecule has 0 saturated heterocycles. The molecule has 0 aliphatic heterocycles. The fourth-order valence-electron chi connectivity index (χ4n) is 3.64. The molecule has 5 nitrogen and oxygen atoms in total. The molecule has 0 spiro atoms. The maximum absolute atomic E-state index is 12.9. The number of nitrogens with zero attached hydrogens (tertiary/aromatic N) is 2. The second-order valence-corrected chi connectivity index (χ2v) is 9.34. The van der Waals surface area contributed by atoms with E-state index < -0.39 is 6.10 Å². The molecule has 27 heavy (non-hydrogen) atoms. The van der Waals surface area contributed by atoms with Gasteiger partial charge in [-0.05, 0) is 42.8 Å². The molecule has 2 N–H and O–H groups in total. The van der Waals surface area contributed by atoms with Gasteiger partial charge in [0.1, 0.15) is 5.69 Å². The van der Waals surface area contributed by atoms with Crippen molar-refractivity contribution < 1.29 is 9.90 Å². The number of pyridine rings is 1. The van der Waals surface area contributed by atoms with Crippen LogP contribution in [-0.2, 0) is 6.42 Å². The summed E-state index contributed by atoms with van der Waals surface area (Å²) in [5.74, 6) is -0.198. The van der Waals surface area contributed by atoms with Crippen LogP contribution in [0.1, 0.15) is 58.0 Å². The van der Waals surface area contributed by atoms with Gasteiger partial charge in [0.25, 0.3) is 5.91 Å². The van der Waals surface area contributed by atoms with E-state index in [0.29, 0.717) is 5.69 Å². The minimum Gasteiger partial charge on any atom is -0.391 e. The summed E-state index contributed by atoms with van der Waals surface area (Å²) in [6, 6.07) is 3.66. The number of aromatic nitrogens is 2. The molecule has 1 aliphatic rings. The standard InChI is InChI=1S/C20H23N3O2S2/c1-12-21-11-14(27-12)9-13-10-17(22-16-7-8-26-19(13)16)20(25)23-15-5-3-2-4-6-18(15)24/h7-8,10-11,15,18,24H,2-6,9H2,1H3,(H,23,25)/t15-,18-/m1/s1. The number of aliphatic hydroxyl groups is 1. The highest BCUT2D eigenvalue weighted by Gasteiger charge is 2.24. The number of thiophene rings is 1. The van der Waals surface area contributed by atoms with Gasteiger partial charge >= 0.3 is 0 Å². The van der Waals surface area contributed by atoms with E-state index >= 15 is 0 Å². The van der Waals surface area contributed by atoms with Crippen molar-refractivity contribution in [2.75, 3.05) is 0 Å². The number of fused-ring (bicyclic) bond motifs is 1. The number of rotatable bonds is 4. The maximum Gasteiger partial charge on any atom is 0.270 e. The first-order valence-corrected chi connectivity index (χ1v) is 11.1. The Morgan fingerprint density at radius 2 is 2.19 bits per heavy atom. The quantitative estimate of drug-likeness (QED) is 0.646. The highest BCUT2D eigenvalue weighted by atomic mass is 32.1. The number of carbonyl (C=O) groups is 1. The van der Waals surface area contributed by atoms with Crippen LogP contribution >= 0.6 is 22.7 Å². The minimum atomic E-state index is -0.471. The second-order valence-electron chi connectivity index (χ2n) is 7.11. The van der Waals surface area contributed by atoms with Crippen LogP contribution in [0.3, 0.4) is 0 Å². The number of aryl methyl sites for hydroxylation is 1. The first-order chi connectivity index (χ1) is 13.1. The van der Waals surface area contributed by atoms with Crippen molar-refractivity contribution >= 4 is 38.8 Å². The van der Waals surface area contributed by atoms with Gasteiger partial charge in [-0.15, -0.1) is 22.7 Å². The molecule has 3 aromatic rings. The van der Waals surface area contributed by atoms with E-state index in [1.54, 1.807) is 22.7 Å². The number of hydrogen-bond donors (Lipinski definition) is 2. The summed E-state index contributed by atoms with van der Waals surface area (Å²) in [5.41, 5.74) is 2.38. The molecular formula is C20H23N3O2S2. The summed E-state index contributed by atoms with van der Waals surface area (Å²) in [5, 5.41) is 16.4. The third kappa shape index (κ3) is 4.20. The van der Waals surface area contributed by atoms with E-state index in [-0.39, 0.29) is 11.9 Å². The zero-order chi connectivity index (χ0) is 18.8. The number of aliphatic hydroxyl groups excluding tert-OH is 1. The Balaban J connectivity index is 1.60. The smallest absolute Gasteiger partial charge is 0.270 e. The Morgan fingerprint density at radius 1 is 1.33 bits per heavy atom. The normalized spacial score (nSPS) is 20.5. The molecule has 2 atom stereocenters. The molecule has 0 unspecified atom stereocenters. The summed E-state index contributed by atoms with van der Waals surface area (Å²) in [4.78, 5) is 22.9. The lowest BCUT2D eigenvalue weighted by Crippen LogP contribution is -2.43. The second kappa shape index (κ2) is 8.04. The number of nitrogens with one attached hydrogen (secondary N) is 1. The Hall–Kier alpha value is -1.83. The first-order valence-electron chi connectivity index (χ1n) is 9.37. The summed E-state index contributed by atoms with van der Waals surface area (Å²) in [7, 11) is 0. The van der Waals surface area contributed by atoms with E-state index in [9.17, 15) is 9.90 Å². The van der Waals surface area contributed by atoms with Crippen LogP contribution in [0.5, 0.6) is 0 Å². The van der Waals surface area contributed by atoms with Crippen molar-refractivity contribution in [3.8, 4) is 0 Å². The molecule has 3 heterocycles. The van der Waals surface area contributed by atoms with Gasteiger partial charge in [-0.1, -0.05) is 19.3 Å². The Labute approximate surface area is 166 Å². The molecule has 0 bridgehead atoms. The summed E-state index contributed by atoms with van der Waals surface area (Å²) in [6.07, 6.45) is 6.92. The zero-order valence-corrected chi connectivity index (χ0v) is 16.9. The van der Waals surface area contributed by atoms with Crippen molar-refractivity contribution in [1.29, 1.82) is 0 Å². The molecule has 1 aliphatic carbocycles. The molecule has 1 saturated carbocycles. The van der Waals surface area contributed by atoms with E-state index in [2.05, 4.69) is 15.3 Å². The van der Waals surface area contributed by atoms with Gasteiger partial charge in [0.05, 0.1) is 27.4 Å². The topological polar surface area (TPSA) is 75.1 Å². The van der Waals surface area contributed by atoms with Crippen LogP contribution in [-0.4, -0.2) is 33.1 Å². The molecule has 142 valence electrons. The van der Waals surface area contributed by atoms with Gasteiger partial charge in [-0.3, -0.25) is 4.79 Å². The Morgan fingerprint density at radius 3 is 3.00 bits per heavy atom.